The Balaban J connectivity index is 1.72. The Morgan fingerprint density at radius 3 is 2.75 bits per heavy atom. The average Bonchev–Trinajstić information content (AvgIpc) is 2.94. The largest absolute Gasteiger partial charge is 0.435 e. The van der Waals surface area contributed by atoms with Gasteiger partial charge in [-0.3, -0.25) is 4.79 Å². The maximum absolute atomic E-state index is 12.0. The van der Waals surface area contributed by atoms with Gasteiger partial charge in [0.1, 0.15) is 5.75 Å². The molecule has 2 N–H and O–H groups in total. The maximum Gasteiger partial charge on any atom is 0.387 e. The first-order valence-electron chi connectivity index (χ1n) is 6.67. The molecule has 1 amide bonds. The Morgan fingerprint density at radius 1 is 1.40 bits per heavy atom. The molecule has 20 heavy (non-hydrogen) atoms. The zero-order valence-electron chi connectivity index (χ0n) is 11.1. The van der Waals surface area contributed by atoms with Crippen molar-refractivity contribution < 1.29 is 18.3 Å². The number of carbonyl (C=O) groups is 1. The molecule has 1 fully saturated rings. The number of amides is 1. The fraction of sp³-hybridized carbons (Fsp3) is 0.500. The summed E-state index contributed by atoms with van der Waals surface area (Å²) in [5.41, 5.74) is 0.969. The van der Waals surface area contributed by atoms with Crippen molar-refractivity contribution in [1.29, 1.82) is 0 Å². The summed E-state index contributed by atoms with van der Waals surface area (Å²) in [4.78, 5) is 11.8. The summed E-state index contributed by atoms with van der Waals surface area (Å²) in [5.74, 6) is 0.286. The van der Waals surface area contributed by atoms with Gasteiger partial charge in [0.05, 0.1) is 5.92 Å². The lowest BCUT2D eigenvalue weighted by Crippen LogP contribution is -2.33. The van der Waals surface area contributed by atoms with Crippen LogP contribution in [0.25, 0.3) is 0 Å². The van der Waals surface area contributed by atoms with E-state index in [-0.39, 0.29) is 17.6 Å². The molecule has 0 bridgehead atoms. The maximum atomic E-state index is 12.0. The van der Waals surface area contributed by atoms with Crippen molar-refractivity contribution in [2.45, 2.75) is 19.5 Å². The van der Waals surface area contributed by atoms with E-state index in [9.17, 15) is 13.6 Å². The first-order chi connectivity index (χ1) is 9.65. The van der Waals surface area contributed by atoms with Crippen molar-refractivity contribution in [3.8, 4) is 5.75 Å². The van der Waals surface area contributed by atoms with Gasteiger partial charge in [0.15, 0.2) is 0 Å². The molecular weight excluding hydrogens is 266 g/mol. The number of nitrogens with one attached hydrogen (secondary N) is 2. The molecular formula is C14H18F2N2O2. The van der Waals surface area contributed by atoms with Crippen LogP contribution in [0.1, 0.15) is 12.0 Å². The van der Waals surface area contributed by atoms with Gasteiger partial charge < -0.3 is 15.4 Å². The van der Waals surface area contributed by atoms with Crippen molar-refractivity contribution >= 4 is 5.91 Å². The minimum Gasteiger partial charge on any atom is -0.435 e. The molecule has 0 spiro atoms. The van der Waals surface area contributed by atoms with Crippen LogP contribution in [-0.4, -0.2) is 32.2 Å². The van der Waals surface area contributed by atoms with Crippen LogP contribution < -0.4 is 15.4 Å². The van der Waals surface area contributed by atoms with E-state index in [1.54, 1.807) is 12.1 Å². The summed E-state index contributed by atoms with van der Waals surface area (Å²) in [7, 11) is 0. The van der Waals surface area contributed by atoms with E-state index in [0.717, 1.165) is 25.1 Å². The fourth-order valence-electron chi connectivity index (χ4n) is 2.19. The summed E-state index contributed by atoms with van der Waals surface area (Å²) in [5, 5.41) is 6.04. The molecule has 1 unspecified atom stereocenters. The van der Waals surface area contributed by atoms with Crippen LogP contribution >= 0.6 is 0 Å². The van der Waals surface area contributed by atoms with Crippen molar-refractivity contribution in [3.05, 3.63) is 29.8 Å². The Hall–Kier alpha value is -1.69. The second-order valence-electron chi connectivity index (χ2n) is 4.75. The van der Waals surface area contributed by atoms with Gasteiger partial charge >= 0.3 is 6.61 Å². The van der Waals surface area contributed by atoms with Crippen LogP contribution in [0.3, 0.4) is 0 Å². The molecule has 1 aromatic rings. The topological polar surface area (TPSA) is 50.4 Å². The van der Waals surface area contributed by atoms with E-state index in [0.29, 0.717) is 13.0 Å². The van der Waals surface area contributed by atoms with Crippen LogP contribution in [0, 0.1) is 5.92 Å². The van der Waals surface area contributed by atoms with Gasteiger partial charge in [-0.2, -0.15) is 8.78 Å². The normalized spacial score (nSPS) is 18.2. The number of hydrogen-bond donors (Lipinski definition) is 2. The van der Waals surface area contributed by atoms with Gasteiger partial charge in [-0.25, -0.2) is 0 Å². The minimum absolute atomic E-state index is 0.0665. The lowest BCUT2D eigenvalue weighted by atomic mass is 10.1. The molecule has 4 nitrogen and oxygen atoms in total. The predicted molar refractivity (Wildman–Crippen MR) is 70.8 cm³/mol. The van der Waals surface area contributed by atoms with E-state index >= 15 is 0 Å². The molecule has 1 heterocycles. The quantitative estimate of drug-likeness (QED) is 0.833. The van der Waals surface area contributed by atoms with E-state index in [1.807, 2.05) is 0 Å². The summed E-state index contributed by atoms with van der Waals surface area (Å²) in [6, 6.07) is 6.45. The molecule has 110 valence electrons. The number of rotatable bonds is 6. The van der Waals surface area contributed by atoms with Crippen molar-refractivity contribution in [2.24, 2.45) is 5.92 Å². The zero-order chi connectivity index (χ0) is 14.4. The molecule has 2 rings (SSSR count). The van der Waals surface area contributed by atoms with Crippen LogP contribution in [-0.2, 0) is 11.2 Å². The molecule has 1 aliphatic heterocycles. The van der Waals surface area contributed by atoms with Crippen LogP contribution in [0.5, 0.6) is 5.75 Å². The second-order valence-corrected chi connectivity index (χ2v) is 4.75. The predicted octanol–water partition coefficient (Wildman–Crippen LogP) is 1.56. The van der Waals surface area contributed by atoms with Crippen molar-refractivity contribution in [1.82, 2.24) is 10.6 Å². The molecule has 1 atom stereocenters. The Bertz CT molecular complexity index is 431. The van der Waals surface area contributed by atoms with Crippen LogP contribution in [0.4, 0.5) is 8.78 Å². The first kappa shape index (κ1) is 14.7. The molecule has 0 radical (unpaired) electrons. The van der Waals surface area contributed by atoms with Gasteiger partial charge in [-0.05, 0) is 37.1 Å². The highest BCUT2D eigenvalue weighted by Crippen LogP contribution is 2.15. The highest BCUT2D eigenvalue weighted by Gasteiger charge is 2.21. The molecule has 0 aromatic heterocycles. The molecule has 1 aromatic carbocycles. The summed E-state index contributed by atoms with van der Waals surface area (Å²) < 4.78 is 28.2. The SMILES string of the molecule is O=C(NCCc1ccc(OC(F)F)cc1)C1CCNC1. The molecule has 0 aliphatic carbocycles. The lowest BCUT2D eigenvalue weighted by Gasteiger charge is -2.10. The van der Waals surface area contributed by atoms with Gasteiger partial charge in [0.25, 0.3) is 0 Å². The van der Waals surface area contributed by atoms with Gasteiger partial charge in [-0.1, -0.05) is 12.1 Å². The highest BCUT2D eigenvalue weighted by molar-refractivity contribution is 5.79. The molecule has 1 aliphatic rings. The van der Waals surface area contributed by atoms with Crippen LogP contribution in [0.15, 0.2) is 24.3 Å². The van der Waals surface area contributed by atoms with E-state index < -0.39 is 6.61 Å². The Kier molecular flexibility index (Phi) is 5.29. The van der Waals surface area contributed by atoms with Crippen molar-refractivity contribution in [2.75, 3.05) is 19.6 Å². The molecule has 0 saturated carbocycles. The number of ether oxygens (including phenoxy) is 1. The number of hydrogen-bond acceptors (Lipinski definition) is 3. The fourth-order valence-corrected chi connectivity index (χ4v) is 2.19. The molecule has 1 saturated heterocycles. The summed E-state index contributed by atoms with van der Waals surface area (Å²) in [6.45, 7) is -0.625. The number of benzene rings is 1. The zero-order valence-corrected chi connectivity index (χ0v) is 11.1. The summed E-state index contributed by atoms with van der Waals surface area (Å²) in [6.07, 6.45) is 1.55. The third-order valence-electron chi connectivity index (χ3n) is 3.29. The number of alkyl halides is 2. The average molecular weight is 284 g/mol. The lowest BCUT2D eigenvalue weighted by molar-refractivity contribution is -0.124. The number of carbonyl (C=O) groups excluding carboxylic acids is 1. The third-order valence-corrected chi connectivity index (χ3v) is 3.29. The molecule has 6 heteroatoms. The van der Waals surface area contributed by atoms with E-state index in [4.69, 9.17) is 0 Å². The highest BCUT2D eigenvalue weighted by atomic mass is 19.3. The first-order valence-corrected chi connectivity index (χ1v) is 6.67. The van der Waals surface area contributed by atoms with E-state index in [2.05, 4.69) is 15.4 Å². The number of halogens is 2. The smallest absolute Gasteiger partial charge is 0.387 e. The standard InChI is InChI=1S/C14H18F2N2O2/c15-14(16)20-12-3-1-10(2-4-12)5-8-18-13(19)11-6-7-17-9-11/h1-4,11,14,17H,5-9H2,(H,18,19). The van der Waals surface area contributed by atoms with Gasteiger partial charge in [0, 0.05) is 13.1 Å². The van der Waals surface area contributed by atoms with Crippen LogP contribution in [0.2, 0.25) is 0 Å². The van der Waals surface area contributed by atoms with Gasteiger partial charge in [0.2, 0.25) is 5.91 Å². The summed E-state index contributed by atoms with van der Waals surface area (Å²) >= 11 is 0. The minimum atomic E-state index is -2.81. The Labute approximate surface area is 116 Å². The Morgan fingerprint density at radius 2 is 2.15 bits per heavy atom. The second kappa shape index (κ2) is 7.19. The van der Waals surface area contributed by atoms with Crippen molar-refractivity contribution in [3.63, 3.8) is 0 Å². The van der Waals surface area contributed by atoms with E-state index in [1.165, 1.54) is 12.1 Å². The van der Waals surface area contributed by atoms with Gasteiger partial charge in [-0.15, -0.1) is 0 Å². The third kappa shape index (κ3) is 4.45. The monoisotopic (exact) mass is 284 g/mol.